The lowest BCUT2D eigenvalue weighted by Gasteiger charge is -2.14. The minimum atomic E-state index is -4.62. The fourth-order valence-electron chi connectivity index (χ4n) is 3.68. The molecule has 1 aliphatic heterocycles. The average molecular weight is 444 g/mol. The molecule has 7 nitrogen and oxygen atoms in total. The molecule has 3 aromatic rings. The maximum absolute atomic E-state index is 13.2. The van der Waals surface area contributed by atoms with Crippen LogP contribution in [0.1, 0.15) is 23.7 Å². The van der Waals surface area contributed by atoms with Gasteiger partial charge < -0.3 is 15.4 Å². The Kier molecular flexibility index (Phi) is 5.70. The number of hydrogen-bond acceptors (Lipinski definition) is 4. The Labute approximate surface area is 181 Å². The quantitative estimate of drug-likeness (QED) is 0.596. The monoisotopic (exact) mass is 444 g/mol. The number of benzene rings is 2. The number of anilines is 2. The third kappa shape index (κ3) is 4.09. The van der Waals surface area contributed by atoms with Crippen LogP contribution in [0.2, 0.25) is 0 Å². The summed E-state index contributed by atoms with van der Waals surface area (Å²) in [6.07, 6.45) is -5.00. The number of halogens is 3. The number of nitrogens with one attached hydrogen (secondary N) is 2. The number of carbonyl (C=O) groups is 2. The summed E-state index contributed by atoms with van der Waals surface area (Å²) in [7, 11) is 1.51. The summed E-state index contributed by atoms with van der Waals surface area (Å²) in [5.41, 5.74) is 0.727. The number of fused-ring (bicyclic) bond motifs is 1. The summed E-state index contributed by atoms with van der Waals surface area (Å²) in [5.74, 6) is -0.783. The van der Waals surface area contributed by atoms with E-state index in [0.29, 0.717) is 17.1 Å². The van der Waals surface area contributed by atoms with Gasteiger partial charge in [0, 0.05) is 12.7 Å². The van der Waals surface area contributed by atoms with Crippen LogP contribution in [0, 0.1) is 0 Å². The fourth-order valence-corrected chi connectivity index (χ4v) is 3.68. The summed E-state index contributed by atoms with van der Waals surface area (Å²) >= 11 is 0. The van der Waals surface area contributed by atoms with Crippen molar-refractivity contribution in [3.63, 3.8) is 0 Å². The van der Waals surface area contributed by atoms with Gasteiger partial charge in [0.1, 0.15) is 11.9 Å². The lowest BCUT2D eigenvalue weighted by atomic mass is 10.1. The van der Waals surface area contributed by atoms with Crippen molar-refractivity contribution >= 4 is 23.3 Å². The largest absolute Gasteiger partial charge is 0.418 e. The summed E-state index contributed by atoms with van der Waals surface area (Å²) in [6.45, 7) is 0.179. The van der Waals surface area contributed by atoms with Crippen LogP contribution in [0.25, 0.3) is 11.1 Å². The van der Waals surface area contributed by atoms with Gasteiger partial charge in [-0.1, -0.05) is 42.5 Å². The van der Waals surface area contributed by atoms with Crippen molar-refractivity contribution in [3.05, 3.63) is 65.9 Å². The molecule has 1 atom stereocenters. The van der Waals surface area contributed by atoms with Gasteiger partial charge in [0.25, 0.3) is 5.91 Å². The van der Waals surface area contributed by atoms with E-state index >= 15 is 0 Å². The van der Waals surface area contributed by atoms with E-state index in [2.05, 4.69) is 15.7 Å². The number of nitrogens with zero attached hydrogens (tertiary/aromatic N) is 2. The van der Waals surface area contributed by atoms with Gasteiger partial charge in [-0.15, -0.1) is 0 Å². The number of carbonyl (C=O) groups excluding carboxylic acids is 2. The van der Waals surface area contributed by atoms with Crippen molar-refractivity contribution in [1.82, 2.24) is 9.78 Å². The van der Waals surface area contributed by atoms with E-state index in [1.54, 1.807) is 0 Å². The van der Waals surface area contributed by atoms with Gasteiger partial charge in [-0.25, -0.2) is 4.68 Å². The molecule has 166 valence electrons. The topological polar surface area (TPSA) is 85.2 Å². The molecular weight excluding hydrogens is 425 g/mol. The first-order valence-electron chi connectivity index (χ1n) is 9.72. The Balaban J connectivity index is 1.61. The van der Waals surface area contributed by atoms with Gasteiger partial charge in [-0.2, -0.15) is 18.3 Å². The van der Waals surface area contributed by atoms with Gasteiger partial charge in [-0.3, -0.25) is 9.59 Å². The Morgan fingerprint density at radius 2 is 1.84 bits per heavy atom. The molecule has 0 radical (unpaired) electrons. The van der Waals surface area contributed by atoms with Crippen LogP contribution in [0.3, 0.4) is 0 Å². The summed E-state index contributed by atoms with van der Waals surface area (Å²) in [4.78, 5) is 25.2. The zero-order chi connectivity index (χ0) is 22.9. The van der Waals surface area contributed by atoms with E-state index in [1.165, 1.54) is 30.0 Å². The first-order valence-corrected chi connectivity index (χ1v) is 9.72. The molecule has 1 unspecified atom stereocenters. The first kappa shape index (κ1) is 21.6. The van der Waals surface area contributed by atoms with Crippen LogP contribution >= 0.6 is 0 Å². The standard InChI is InChI=1S/C22H19F3N4O3/c1-32-12-16-19(13-7-3-2-4-8-13)20-27-21(31)17(29(20)28-16)11-18(30)26-15-10-6-5-9-14(15)22(23,24)25/h2-10,17H,11-12H2,1H3,(H,26,30)(H,27,31). The number of aromatic nitrogens is 2. The lowest BCUT2D eigenvalue weighted by molar-refractivity contribution is -0.137. The molecule has 0 bridgehead atoms. The average Bonchev–Trinajstić information content (AvgIpc) is 3.23. The smallest absolute Gasteiger partial charge is 0.378 e. The van der Waals surface area contributed by atoms with Crippen LogP contribution in [-0.4, -0.2) is 28.7 Å². The van der Waals surface area contributed by atoms with E-state index < -0.39 is 29.6 Å². The molecule has 0 aliphatic carbocycles. The molecule has 2 N–H and O–H groups in total. The van der Waals surface area contributed by atoms with Crippen LogP contribution in [0.15, 0.2) is 54.6 Å². The maximum atomic E-state index is 13.2. The van der Waals surface area contributed by atoms with Crippen molar-refractivity contribution in [2.75, 3.05) is 17.7 Å². The Hall–Kier alpha value is -3.66. The minimum absolute atomic E-state index is 0.179. The first-order chi connectivity index (χ1) is 15.3. The van der Waals surface area contributed by atoms with Crippen LogP contribution in [0.4, 0.5) is 24.7 Å². The molecule has 1 aliphatic rings. The summed E-state index contributed by atoms with van der Waals surface area (Å²) < 4.78 is 46.2. The Bertz CT molecular complexity index is 1160. The second kappa shape index (κ2) is 8.46. The molecule has 2 amide bonds. The van der Waals surface area contributed by atoms with E-state index in [0.717, 1.165) is 11.6 Å². The highest BCUT2D eigenvalue weighted by molar-refractivity contribution is 6.04. The molecule has 0 saturated heterocycles. The minimum Gasteiger partial charge on any atom is -0.378 e. The number of hydrogen-bond donors (Lipinski definition) is 2. The molecule has 0 fully saturated rings. The van der Waals surface area contributed by atoms with Crippen LogP contribution in [0.5, 0.6) is 0 Å². The molecular formula is C22H19F3N4O3. The Morgan fingerprint density at radius 3 is 2.53 bits per heavy atom. The number of rotatable bonds is 6. The van der Waals surface area contributed by atoms with Crippen molar-refractivity contribution in [2.24, 2.45) is 0 Å². The van der Waals surface area contributed by atoms with E-state index in [4.69, 9.17) is 4.74 Å². The molecule has 32 heavy (non-hydrogen) atoms. The predicted octanol–water partition coefficient (Wildman–Crippen LogP) is 4.24. The molecule has 10 heteroatoms. The number of amides is 2. The van der Waals surface area contributed by atoms with Gasteiger partial charge in [0.05, 0.1) is 30.0 Å². The number of methoxy groups -OCH3 is 1. The van der Waals surface area contributed by atoms with Gasteiger partial charge in [-0.05, 0) is 17.7 Å². The Morgan fingerprint density at radius 1 is 1.16 bits per heavy atom. The van der Waals surface area contributed by atoms with E-state index in [9.17, 15) is 22.8 Å². The summed E-state index contributed by atoms with van der Waals surface area (Å²) in [6, 6.07) is 12.9. The van der Waals surface area contributed by atoms with Crippen molar-refractivity contribution < 1.29 is 27.5 Å². The van der Waals surface area contributed by atoms with Crippen molar-refractivity contribution in [1.29, 1.82) is 0 Å². The van der Waals surface area contributed by atoms with E-state index in [-0.39, 0.29) is 18.7 Å². The molecule has 2 aromatic carbocycles. The second-order valence-electron chi connectivity index (χ2n) is 7.21. The lowest BCUT2D eigenvalue weighted by Crippen LogP contribution is -2.24. The van der Waals surface area contributed by atoms with Crippen LogP contribution < -0.4 is 10.6 Å². The predicted molar refractivity (Wildman–Crippen MR) is 111 cm³/mol. The number of ether oxygens (including phenoxy) is 1. The zero-order valence-electron chi connectivity index (χ0n) is 16.9. The third-order valence-electron chi connectivity index (χ3n) is 5.05. The maximum Gasteiger partial charge on any atom is 0.418 e. The molecule has 0 spiro atoms. The highest BCUT2D eigenvalue weighted by Crippen LogP contribution is 2.39. The normalized spacial score (nSPS) is 15.4. The summed E-state index contributed by atoms with van der Waals surface area (Å²) in [5, 5.41) is 9.47. The molecule has 0 saturated carbocycles. The van der Waals surface area contributed by atoms with Gasteiger partial charge >= 0.3 is 6.18 Å². The van der Waals surface area contributed by atoms with Crippen LogP contribution in [-0.2, 0) is 27.1 Å². The zero-order valence-corrected chi connectivity index (χ0v) is 16.9. The third-order valence-corrected chi connectivity index (χ3v) is 5.05. The van der Waals surface area contributed by atoms with Crippen molar-refractivity contribution in [2.45, 2.75) is 25.2 Å². The number of alkyl halides is 3. The second-order valence-corrected chi connectivity index (χ2v) is 7.21. The molecule has 1 aromatic heterocycles. The van der Waals surface area contributed by atoms with Crippen molar-refractivity contribution in [3.8, 4) is 11.1 Å². The van der Waals surface area contributed by atoms with Gasteiger partial charge in [0.2, 0.25) is 5.91 Å². The SMILES string of the molecule is COCc1nn2c(c1-c1ccccc1)NC(=O)C2CC(=O)Nc1ccccc1C(F)(F)F. The van der Waals surface area contributed by atoms with E-state index in [1.807, 2.05) is 30.3 Å². The highest BCUT2D eigenvalue weighted by Gasteiger charge is 2.38. The number of para-hydroxylation sites is 1. The fraction of sp³-hybridized carbons (Fsp3) is 0.227. The highest BCUT2D eigenvalue weighted by atomic mass is 19.4. The molecule has 4 rings (SSSR count). The van der Waals surface area contributed by atoms with Gasteiger partial charge in [0.15, 0.2) is 0 Å². The molecule has 2 heterocycles.